The Morgan fingerprint density at radius 3 is 1.83 bits per heavy atom. The van der Waals surface area contributed by atoms with Crippen LogP contribution in [0, 0.1) is 11.8 Å². The van der Waals surface area contributed by atoms with Gasteiger partial charge in [-0.1, -0.05) is 27.7 Å². The van der Waals surface area contributed by atoms with E-state index in [9.17, 15) is 19.2 Å². The SMILES string of the molecule is CC(C)[C@H](NC(=O)[C@@H](NC(=O)C(S)CNC(=O)OC(C)(C)C)C(C)C)C(=O)CN. The van der Waals surface area contributed by atoms with E-state index in [1.165, 1.54) is 0 Å². The van der Waals surface area contributed by atoms with E-state index in [-0.39, 0.29) is 30.7 Å². The van der Waals surface area contributed by atoms with Crippen molar-refractivity contribution in [3.63, 3.8) is 0 Å². The zero-order chi connectivity index (χ0) is 22.9. The molecular formula is C19H36N4O5S. The summed E-state index contributed by atoms with van der Waals surface area (Å²) in [6.45, 7) is 12.1. The van der Waals surface area contributed by atoms with Gasteiger partial charge in [-0.05, 0) is 32.6 Å². The maximum absolute atomic E-state index is 12.7. The highest BCUT2D eigenvalue weighted by Crippen LogP contribution is 2.09. The lowest BCUT2D eigenvalue weighted by Crippen LogP contribution is -2.57. The molecule has 0 bridgehead atoms. The molecule has 1 unspecified atom stereocenters. The Morgan fingerprint density at radius 2 is 1.41 bits per heavy atom. The Morgan fingerprint density at radius 1 is 0.931 bits per heavy atom. The normalized spacial score (nSPS) is 14.7. The van der Waals surface area contributed by atoms with Crippen LogP contribution in [0.25, 0.3) is 0 Å². The lowest BCUT2D eigenvalue weighted by Gasteiger charge is -2.27. The first kappa shape index (κ1) is 27.2. The number of carbonyl (C=O) groups excluding carboxylic acids is 4. The topological polar surface area (TPSA) is 140 Å². The van der Waals surface area contributed by atoms with E-state index in [1.807, 2.05) is 0 Å². The van der Waals surface area contributed by atoms with Crippen LogP contribution in [0.3, 0.4) is 0 Å². The molecule has 0 saturated heterocycles. The minimum atomic E-state index is -0.886. The van der Waals surface area contributed by atoms with Crippen LogP contribution in [0.1, 0.15) is 48.5 Å². The zero-order valence-electron chi connectivity index (χ0n) is 18.4. The molecule has 0 aromatic carbocycles. The number of hydrogen-bond acceptors (Lipinski definition) is 7. The third-order valence-corrected chi connectivity index (χ3v) is 4.32. The molecule has 0 aliphatic carbocycles. The monoisotopic (exact) mass is 432 g/mol. The van der Waals surface area contributed by atoms with Crippen LogP contribution in [0.15, 0.2) is 0 Å². The van der Waals surface area contributed by atoms with Crippen molar-refractivity contribution in [2.45, 2.75) is 71.4 Å². The maximum Gasteiger partial charge on any atom is 0.407 e. The Hall–Kier alpha value is -1.81. The summed E-state index contributed by atoms with van der Waals surface area (Å²) < 4.78 is 5.10. The lowest BCUT2D eigenvalue weighted by atomic mass is 9.97. The van der Waals surface area contributed by atoms with E-state index in [0.29, 0.717) is 0 Å². The molecule has 0 aliphatic heterocycles. The first-order valence-corrected chi connectivity index (χ1v) is 10.2. The van der Waals surface area contributed by atoms with Crippen molar-refractivity contribution < 1.29 is 23.9 Å². The van der Waals surface area contributed by atoms with Gasteiger partial charge in [0.15, 0.2) is 5.78 Å². The summed E-state index contributed by atoms with van der Waals surface area (Å²) in [5, 5.41) is 6.88. The fraction of sp³-hybridized carbons (Fsp3) is 0.789. The van der Waals surface area contributed by atoms with E-state index < -0.39 is 40.8 Å². The number of thiol groups is 1. The number of alkyl carbamates (subject to hydrolysis) is 1. The molecular weight excluding hydrogens is 396 g/mol. The number of nitrogens with one attached hydrogen (secondary N) is 3. The van der Waals surface area contributed by atoms with Gasteiger partial charge in [-0.15, -0.1) is 0 Å². The molecule has 0 spiro atoms. The number of ether oxygens (including phenoxy) is 1. The quantitative estimate of drug-likeness (QED) is 0.321. The molecule has 29 heavy (non-hydrogen) atoms. The van der Waals surface area contributed by atoms with Gasteiger partial charge in [0.25, 0.3) is 0 Å². The molecule has 9 nitrogen and oxygen atoms in total. The van der Waals surface area contributed by atoms with Crippen LogP contribution in [-0.2, 0) is 19.1 Å². The molecule has 3 atom stereocenters. The summed E-state index contributed by atoms with van der Waals surface area (Å²) in [7, 11) is 0. The molecule has 0 aromatic heterocycles. The van der Waals surface area contributed by atoms with Gasteiger partial charge in [0.1, 0.15) is 11.6 Å². The first-order valence-electron chi connectivity index (χ1n) is 9.68. The van der Waals surface area contributed by atoms with Crippen LogP contribution in [-0.4, -0.2) is 59.7 Å². The smallest absolute Gasteiger partial charge is 0.407 e. The maximum atomic E-state index is 12.7. The molecule has 0 aromatic rings. The predicted molar refractivity (Wildman–Crippen MR) is 115 cm³/mol. The summed E-state index contributed by atoms with van der Waals surface area (Å²) >= 11 is 4.19. The fourth-order valence-electron chi connectivity index (χ4n) is 2.36. The standard InChI is InChI=1S/C19H36N4O5S/c1-10(2)14(12(24)8-20)22-17(26)15(11(3)4)23-16(25)13(29)9-21-18(27)28-19(5,6)7/h10-11,13-15,29H,8-9,20H2,1-7H3,(H,21,27)(H,22,26)(H,23,25)/t13?,14-,15-/m0/s1. The van der Waals surface area contributed by atoms with Crippen molar-refractivity contribution in [2.24, 2.45) is 17.6 Å². The Balaban J connectivity index is 4.93. The number of Topliss-reactive ketones (excluding diaryl/α,β-unsaturated/α-hetero) is 1. The largest absolute Gasteiger partial charge is 0.444 e. The van der Waals surface area contributed by atoms with E-state index >= 15 is 0 Å². The second-order valence-electron chi connectivity index (χ2n) is 8.53. The van der Waals surface area contributed by atoms with Gasteiger partial charge in [0.05, 0.1) is 17.8 Å². The summed E-state index contributed by atoms with van der Waals surface area (Å²) in [6, 6.07) is -1.60. The van der Waals surface area contributed by atoms with E-state index in [1.54, 1.807) is 48.5 Å². The van der Waals surface area contributed by atoms with Crippen molar-refractivity contribution >= 4 is 36.3 Å². The highest BCUT2D eigenvalue weighted by Gasteiger charge is 2.31. The Labute approximate surface area is 178 Å². The molecule has 10 heteroatoms. The van der Waals surface area contributed by atoms with Gasteiger partial charge in [0, 0.05) is 6.54 Å². The Bertz CT molecular complexity index is 590. The average molecular weight is 433 g/mol. The lowest BCUT2D eigenvalue weighted by molar-refractivity contribution is -0.132. The molecule has 5 N–H and O–H groups in total. The highest BCUT2D eigenvalue weighted by molar-refractivity contribution is 7.81. The minimum absolute atomic E-state index is 0.0728. The zero-order valence-corrected chi connectivity index (χ0v) is 19.3. The van der Waals surface area contributed by atoms with Crippen LogP contribution in [0.5, 0.6) is 0 Å². The number of hydrogen-bond donors (Lipinski definition) is 5. The third kappa shape index (κ3) is 10.5. The van der Waals surface area contributed by atoms with E-state index in [4.69, 9.17) is 10.5 Å². The van der Waals surface area contributed by atoms with Crippen LogP contribution in [0.4, 0.5) is 4.79 Å². The van der Waals surface area contributed by atoms with E-state index in [0.717, 1.165) is 0 Å². The average Bonchev–Trinajstić information content (AvgIpc) is 2.58. The summed E-state index contributed by atoms with van der Waals surface area (Å²) in [4.78, 5) is 48.8. The predicted octanol–water partition coefficient (Wildman–Crippen LogP) is 0.619. The van der Waals surface area contributed by atoms with Gasteiger partial charge in [-0.2, -0.15) is 12.6 Å². The summed E-state index contributed by atoms with van der Waals surface area (Å²) in [5.74, 6) is -1.66. The number of nitrogens with two attached hydrogens (primary N) is 1. The van der Waals surface area contributed by atoms with Crippen LogP contribution in [0.2, 0.25) is 0 Å². The minimum Gasteiger partial charge on any atom is -0.444 e. The van der Waals surface area contributed by atoms with Gasteiger partial charge < -0.3 is 26.4 Å². The number of amides is 3. The molecule has 0 heterocycles. The fourth-order valence-corrected chi connectivity index (χ4v) is 2.53. The van der Waals surface area contributed by atoms with Gasteiger partial charge >= 0.3 is 6.09 Å². The van der Waals surface area contributed by atoms with Crippen molar-refractivity contribution in [3.05, 3.63) is 0 Å². The van der Waals surface area contributed by atoms with E-state index in [2.05, 4.69) is 28.6 Å². The van der Waals surface area contributed by atoms with Crippen LogP contribution >= 0.6 is 12.6 Å². The van der Waals surface area contributed by atoms with Crippen LogP contribution < -0.4 is 21.7 Å². The van der Waals surface area contributed by atoms with Crippen molar-refractivity contribution in [1.82, 2.24) is 16.0 Å². The molecule has 0 saturated carbocycles. The van der Waals surface area contributed by atoms with Crippen molar-refractivity contribution in [1.29, 1.82) is 0 Å². The molecule has 0 radical (unpaired) electrons. The third-order valence-electron chi connectivity index (χ3n) is 3.90. The number of carbonyl (C=O) groups is 4. The summed E-state index contributed by atoms with van der Waals surface area (Å²) in [6.07, 6.45) is -0.664. The van der Waals surface area contributed by atoms with Crippen molar-refractivity contribution in [2.75, 3.05) is 13.1 Å². The van der Waals surface area contributed by atoms with Gasteiger partial charge in [0.2, 0.25) is 11.8 Å². The second kappa shape index (κ2) is 12.0. The highest BCUT2D eigenvalue weighted by atomic mass is 32.1. The number of ketones is 1. The molecule has 168 valence electrons. The molecule has 3 amide bonds. The first-order chi connectivity index (χ1) is 13.2. The molecule has 0 fully saturated rings. The Kier molecular flexibility index (Phi) is 11.3. The molecule has 0 rings (SSSR count). The number of rotatable bonds is 10. The van der Waals surface area contributed by atoms with Crippen molar-refractivity contribution in [3.8, 4) is 0 Å². The molecule has 0 aliphatic rings. The van der Waals surface area contributed by atoms with Gasteiger partial charge in [-0.25, -0.2) is 4.79 Å². The van der Waals surface area contributed by atoms with Gasteiger partial charge in [-0.3, -0.25) is 14.4 Å². The second-order valence-corrected chi connectivity index (χ2v) is 9.15. The summed E-state index contributed by atoms with van der Waals surface area (Å²) in [5.41, 5.74) is 4.75.